The molecule has 174 valence electrons. The van der Waals surface area contributed by atoms with Crippen LogP contribution in [0.2, 0.25) is 5.02 Å². The topological polar surface area (TPSA) is 70.2 Å². The molecular formula is C23H30ClN3O4S. The van der Waals surface area contributed by atoms with E-state index in [0.717, 1.165) is 25.4 Å². The maximum atomic E-state index is 13.1. The van der Waals surface area contributed by atoms with Crippen LogP contribution in [-0.2, 0) is 10.0 Å². The molecule has 7 nitrogen and oxygen atoms in total. The molecule has 0 aromatic heterocycles. The predicted octanol–water partition coefficient (Wildman–Crippen LogP) is 3.21. The Bertz CT molecular complexity index is 1010. The Morgan fingerprint density at radius 1 is 1.03 bits per heavy atom. The Labute approximate surface area is 195 Å². The van der Waals surface area contributed by atoms with Crippen LogP contribution in [0.5, 0.6) is 5.75 Å². The monoisotopic (exact) mass is 479 g/mol. The first-order valence-corrected chi connectivity index (χ1v) is 12.7. The second kappa shape index (κ2) is 11.1. The highest BCUT2D eigenvalue weighted by Gasteiger charge is 2.27. The summed E-state index contributed by atoms with van der Waals surface area (Å²) in [6.45, 7) is 8.19. The fourth-order valence-electron chi connectivity index (χ4n) is 3.70. The lowest BCUT2D eigenvalue weighted by molar-refractivity contribution is 0.0620. The van der Waals surface area contributed by atoms with Gasteiger partial charge in [-0.15, -0.1) is 0 Å². The Balaban J connectivity index is 1.60. The van der Waals surface area contributed by atoms with Crippen molar-refractivity contribution in [3.8, 4) is 5.75 Å². The maximum Gasteiger partial charge on any atom is 0.255 e. The van der Waals surface area contributed by atoms with Crippen LogP contribution in [0, 0.1) is 0 Å². The zero-order valence-corrected chi connectivity index (χ0v) is 20.1. The van der Waals surface area contributed by atoms with E-state index in [-0.39, 0.29) is 21.4 Å². The Hall–Kier alpha value is -2.13. The molecule has 1 amide bonds. The normalized spacial score (nSPS) is 15.2. The Kier molecular flexibility index (Phi) is 8.53. The van der Waals surface area contributed by atoms with Crippen LogP contribution in [0.3, 0.4) is 0 Å². The third kappa shape index (κ3) is 5.81. The summed E-state index contributed by atoms with van der Waals surface area (Å²) in [4.78, 5) is 17.2. The zero-order chi connectivity index (χ0) is 23.1. The summed E-state index contributed by atoms with van der Waals surface area (Å²) in [6.07, 6.45) is 0. The molecule has 9 heteroatoms. The van der Waals surface area contributed by atoms with E-state index in [0.29, 0.717) is 32.8 Å². The third-order valence-electron chi connectivity index (χ3n) is 5.59. The van der Waals surface area contributed by atoms with E-state index < -0.39 is 10.0 Å². The van der Waals surface area contributed by atoms with Crippen molar-refractivity contribution in [2.75, 3.05) is 52.4 Å². The van der Waals surface area contributed by atoms with Crippen molar-refractivity contribution in [2.45, 2.75) is 18.7 Å². The smallest absolute Gasteiger partial charge is 0.255 e. The molecule has 0 N–H and O–H groups in total. The lowest BCUT2D eigenvalue weighted by Crippen LogP contribution is -2.49. The molecule has 0 bridgehead atoms. The molecule has 1 aliphatic heterocycles. The first-order valence-electron chi connectivity index (χ1n) is 10.9. The number of carbonyl (C=O) groups excluding carboxylic acids is 1. The fraction of sp³-hybridized carbons (Fsp3) is 0.435. The molecule has 1 aliphatic rings. The number of sulfonamides is 1. The predicted molar refractivity (Wildman–Crippen MR) is 126 cm³/mol. The minimum absolute atomic E-state index is 0.0886. The molecule has 1 fully saturated rings. The number of nitrogens with zero attached hydrogens (tertiary/aromatic N) is 3. The van der Waals surface area contributed by atoms with Crippen LogP contribution in [0.15, 0.2) is 53.4 Å². The molecule has 2 aromatic carbocycles. The van der Waals surface area contributed by atoms with Crippen molar-refractivity contribution in [3.05, 3.63) is 59.1 Å². The summed E-state index contributed by atoms with van der Waals surface area (Å²) in [6, 6.07) is 14.0. The first kappa shape index (κ1) is 24.5. The quantitative estimate of drug-likeness (QED) is 0.552. The number of halogens is 1. The van der Waals surface area contributed by atoms with E-state index in [9.17, 15) is 13.2 Å². The summed E-state index contributed by atoms with van der Waals surface area (Å²) in [7, 11) is -3.66. The molecule has 0 aliphatic carbocycles. The van der Waals surface area contributed by atoms with Crippen LogP contribution in [0.1, 0.15) is 24.2 Å². The highest BCUT2D eigenvalue weighted by atomic mass is 35.5. The molecular weight excluding hydrogens is 450 g/mol. The van der Waals surface area contributed by atoms with Crippen molar-refractivity contribution in [3.63, 3.8) is 0 Å². The van der Waals surface area contributed by atoms with Gasteiger partial charge in [-0.2, -0.15) is 4.31 Å². The van der Waals surface area contributed by atoms with Gasteiger partial charge in [0.1, 0.15) is 12.4 Å². The van der Waals surface area contributed by atoms with Gasteiger partial charge < -0.3 is 9.64 Å². The number of benzene rings is 2. The van der Waals surface area contributed by atoms with Crippen molar-refractivity contribution in [1.29, 1.82) is 0 Å². The van der Waals surface area contributed by atoms with E-state index in [4.69, 9.17) is 16.3 Å². The molecule has 32 heavy (non-hydrogen) atoms. The molecule has 3 rings (SSSR count). The van der Waals surface area contributed by atoms with Crippen LogP contribution in [0.4, 0.5) is 0 Å². The largest absolute Gasteiger partial charge is 0.492 e. The summed E-state index contributed by atoms with van der Waals surface area (Å²) in [5, 5.41) is 0.257. The van der Waals surface area contributed by atoms with Gasteiger partial charge >= 0.3 is 0 Å². The molecule has 1 saturated heterocycles. The zero-order valence-electron chi connectivity index (χ0n) is 18.5. The molecule has 0 unspecified atom stereocenters. The lowest BCUT2D eigenvalue weighted by Gasteiger charge is -2.34. The second-order valence-corrected chi connectivity index (χ2v) is 9.87. The standard InChI is InChI=1S/C23H30ClN3O4S/c1-3-27(4-2)32(29,30)20-10-11-22(24)21(18-20)23(28)26-14-12-25(13-15-26)16-17-31-19-8-6-5-7-9-19/h5-11,18H,3-4,12-17H2,1-2H3. The summed E-state index contributed by atoms with van der Waals surface area (Å²) < 4.78 is 32.8. The van der Waals surface area contributed by atoms with Gasteiger partial charge in [0.25, 0.3) is 5.91 Å². The first-order chi connectivity index (χ1) is 15.4. The third-order valence-corrected chi connectivity index (χ3v) is 7.97. The van der Waals surface area contributed by atoms with Gasteiger partial charge in [-0.3, -0.25) is 9.69 Å². The van der Waals surface area contributed by atoms with E-state index in [1.54, 1.807) is 18.7 Å². The summed E-state index contributed by atoms with van der Waals surface area (Å²) >= 11 is 6.28. The second-order valence-electron chi connectivity index (χ2n) is 7.53. The average Bonchev–Trinajstić information content (AvgIpc) is 2.80. The highest BCUT2D eigenvalue weighted by molar-refractivity contribution is 7.89. The van der Waals surface area contributed by atoms with Crippen LogP contribution >= 0.6 is 11.6 Å². The number of amides is 1. The average molecular weight is 480 g/mol. The van der Waals surface area contributed by atoms with E-state index >= 15 is 0 Å². The maximum absolute atomic E-state index is 13.1. The Morgan fingerprint density at radius 3 is 2.31 bits per heavy atom. The number of rotatable bonds is 9. The van der Waals surface area contributed by atoms with E-state index in [1.165, 1.54) is 22.5 Å². The number of ether oxygens (including phenoxy) is 1. The van der Waals surface area contributed by atoms with Gasteiger partial charge in [-0.1, -0.05) is 43.6 Å². The molecule has 1 heterocycles. The number of hydrogen-bond acceptors (Lipinski definition) is 5. The summed E-state index contributed by atoms with van der Waals surface area (Å²) in [5.74, 6) is 0.599. The molecule has 2 aromatic rings. The number of piperazine rings is 1. The minimum atomic E-state index is -3.66. The van der Waals surface area contributed by atoms with Crippen molar-refractivity contribution < 1.29 is 17.9 Å². The van der Waals surface area contributed by atoms with Crippen LogP contribution in [0.25, 0.3) is 0 Å². The number of carbonyl (C=O) groups is 1. The van der Waals surface area contributed by atoms with Crippen molar-refractivity contribution in [1.82, 2.24) is 14.1 Å². The van der Waals surface area contributed by atoms with Gasteiger partial charge in [0.05, 0.1) is 15.5 Å². The Morgan fingerprint density at radius 2 is 1.69 bits per heavy atom. The number of para-hydroxylation sites is 1. The van der Waals surface area contributed by atoms with Gasteiger partial charge in [-0.05, 0) is 30.3 Å². The van der Waals surface area contributed by atoms with E-state index in [1.807, 2.05) is 30.3 Å². The lowest BCUT2D eigenvalue weighted by atomic mass is 10.1. The SMILES string of the molecule is CCN(CC)S(=O)(=O)c1ccc(Cl)c(C(=O)N2CCN(CCOc3ccccc3)CC2)c1. The highest BCUT2D eigenvalue weighted by Crippen LogP contribution is 2.24. The molecule has 0 radical (unpaired) electrons. The molecule has 0 atom stereocenters. The minimum Gasteiger partial charge on any atom is -0.492 e. The van der Waals surface area contributed by atoms with Gasteiger partial charge in [0, 0.05) is 45.8 Å². The molecule has 0 spiro atoms. The molecule has 0 saturated carbocycles. The number of hydrogen-bond donors (Lipinski definition) is 0. The van der Waals surface area contributed by atoms with Crippen LogP contribution in [-0.4, -0.2) is 80.9 Å². The van der Waals surface area contributed by atoms with Crippen LogP contribution < -0.4 is 4.74 Å². The fourth-order valence-corrected chi connectivity index (χ4v) is 5.38. The van der Waals surface area contributed by atoms with Crippen molar-refractivity contribution in [2.24, 2.45) is 0 Å². The van der Waals surface area contributed by atoms with Crippen molar-refractivity contribution >= 4 is 27.5 Å². The van der Waals surface area contributed by atoms with Gasteiger partial charge in [0.15, 0.2) is 0 Å². The van der Waals surface area contributed by atoms with Gasteiger partial charge in [0.2, 0.25) is 10.0 Å². The van der Waals surface area contributed by atoms with E-state index in [2.05, 4.69) is 4.90 Å². The summed E-state index contributed by atoms with van der Waals surface area (Å²) in [5.41, 5.74) is 0.223. The van der Waals surface area contributed by atoms with Gasteiger partial charge in [-0.25, -0.2) is 8.42 Å².